The summed E-state index contributed by atoms with van der Waals surface area (Å²) in [5.41, 5.74) is 0.584. The second kappa shape index (κ2) is 7.59. The molecule has 1 saturated heterocycles. The van der Waals surface area contributed by atoms with E-state index in [4.69, 9.17) is 21.4 Å². The number of carboxylic acid groups (broad SMARTS) is 1. The summed E-state index contributed by atoms with van der Waals surface area (Å²) < 4.78 is 5.69. The van der Waals surface area contributed by atoms with Crippen LogP contribution in [0, 0.1) is 0 Å². The summed E-state index contributed by atoms with van der Waals surface area (Å²) >= 11 is 6.24. The number of likely N-dealkylation sites (tertiary alicyclic amines) is 1. The Morgan fingerprint density at radius 2 is 2.08 bits per heavy atom. The first-order valence-corrected chi connectivity index (χ1v) is 8.76. The van der Waals surface area contributed by atoms with Crippen LogP contribution in [0.1, 0.15) is 37.4 Å². The lowest BCUT2D eigenvalue weighted by Gasteiger charge is -2.28. The van der Waals surface area contributed by atoms with Crippen molar-refractivity contribution in [1.29, 1.82) is 0 Å². The molecule has 1 aliphatic carbocycles. The van der Waals surface area contributed by atoms with E-state index < -0.39 is 18.2 Å². The number of nitrogens with one attached hydrogen (secondary N) is 1. The van der Waals surface area contributed by atoms with Crippen molar-refractivity contribution in [2.75, 3.05) is 19.6 Å². The van der Waals surface area contributed by atoms with Gasteiger partial charge in [0.05, 0.1) is 17.2 Å². The molecule has 24 heavy (non-hydrogen) atoms. The third-order valence-electron chi connectivity index (χ3n) is 4.46. The van der Waals surface area contributed by atoms with Gasteiger partial charge in [-0.1, -0.05) is 17.7 Å². The Labute approximate surface area is 146 Å². The van der Waals surface area contributed by atoms with E-state index in [2.05, 4.69) is 10.2 Å². The van der Waals surface area contributed by atoms with Crippen LogP contribution in [0.4, 0.5) is 4.79 Å². The molecule has 0 bridgehead atoms. The van der Waals surface area contributed by atoms with E-state index in [0.717, 1.165) is 38.8 Å². The molecule has 1 aromatic rings. The standard InChI is InChI=1S/C17H23ClN2O4/c18-13-9-11(3-6-15(13)24-12-4-5-12)16(21)14(19-17(22)23)10-20-7-1-2-8-20/h3,6,9,12,14,16,19,21H,1-2,4-5,7-8,10H2,(H,22,23). The first-order valence-electron chi connectivity index (χ1n) is 8.39. The number of hydrogen-bond acceptors (Lipinski definition) is 4. The van der Waals surface area contributed by atoms with Gasteiger partial charge < -0.3 is 25.2 Å². The van der Waals surface area contributed by atoms with Crippen molar-refractivity contribution >= 4 is 17.7 Å². The molecule has 6 nitrogen and oxygen atoms in total. The number of amides is 1. The number of aliphatic hydroxyl groups is 1. The van der Waals surface area contributed by atoms with Crippen molar-refractivity contribution in [3.63, 3.8) is 0 Å². The Morgan fingerprint density at radius 1 is 1.38 bits per heavy atom. The predicted molar refractivity (Wildman–Crippen MR) is 90.7 cm³/mol. The smallest absolute Gasteiger partial charge is 0.405 e. The molecule has 3 rings (SSSR count). The zero-order valence-electron chi connectivity index (χ0n) is 13.4. The average Bonchev–Trinajstić information content (AvgIpc) is 3.21. The van der Waals surface area contributed by atoms with Crippen LogP contribution in [0.25, 0.3) is 0 Å². The molecule has 1 saturated carbocycles. The molecular formula is C17H23ClN2O4. The predicted octanol–water partition coefficient (Wildman–Crippen LogP) is 2.65. The van der Waals surface area contributed by atoms with E-state index >= 15 is 0 Å². The number of carbonyl (C=O) groups is 1. The van der Waals surface area contributed by atoms with Gasteiger partial charge >= 0.3 is 6.09 Å². The maximum Gasteiger partial charge on any atom is 0.405 e. The molecule has 1 aliphatic heterocycles. The van der Waals surface area contributed by atoms with Gasteiger partial charge in [-0.2, -0.15) is 0 Å². The highest BCUT2D eigenvalue weighted by molar-refractivity contribution is 6.32. The van der Waals surface area contributed by atoms with Crippen LogP contribution in [-0.2, 0) is 0 Å². The summed E-state index contributed by atoms with van der Waals surface area (Å²) in [5.74, 6) is 0.609. The van der Waals surface area contributed by atoms with Crippen molar-refractivity contribution in [3.8, 4) is 5.75 Å². The maximum atomic E-state index is 11.1. The number of halogens is 1. The van der Waals surface area contributed by atoms with Crippen LogP contribution in [0.5, 0.6) is 5.75 Å². The Morgan fingerprint density at radius 3 is 2.67 bits per heavy atom. The fourth-order valence-electron chi connectivity index (χ4n) is 3.02. The first kappa shape index (κ1) is 17.3. The SMILES string of the molecule is O=C(O)NC(CN1CCCC1)C(O)c1ccc(OC2CC2)c(Cl)c1. The third-order valence-corrected chi connectivity index (χ3v) is 4.75. The summed E-state index contributed by atoms with van der Waals surface area (Å²) in [5, 5.41) is 22.6. The van der Waals surface area contributed by atoms with E-state index in [9.17, 15) is 9.90 Å². The van der Waals surface area contributed by atoms with E-state index in [1.165, 1.54) is 0 Å². The van der Waals surface area contributed by atoms with Crippen LogP contribution >= 0.6 is 11.6 Å². The minimum Gasteiger partial charge on any atom is -0.489 e. The van der Waals surface area contributed by atoms with Crippen molar-refractivity contribution in [2.24, 2.45) is 0 Å². The van der Waals surface area contributed by atoms with Crippen LogP contribution in [0.2, 0.25) is 5.02 Å². The molecule has 0 radical (unpaired) electrons. The highest BCUT2D eigenvalue weighted by Gasteiger charge is 2.28. The van der Waals surface area contributed by atoms with E-state index in [0.29, 0.717) is 22.9 Å². The van der Waals surface area contributed by atoms with Gasteiger partial charge in [0.25, 0.3) is 0 Å². The molecule has 1 heterocycles. The normalized spacial score (nSPS) is 20.6. The largest absolute Gasteiger partial charge is 0.489 e. The van der Waals surface area contributed by atoms with Crippen molar-refractivity contribution in [2.45, 2.75) is 43.9 Å². The summed E-state index contributed by atoms with van der Waals surface area (Å²) in [4.78, 5) is 13.2. The molecule has 0 aromatic heterocycles. The van der Waals surface area contributed by atoms with Crippen LogP contribution in [-0.4, -0.2) is 53.0 Å². The summed E-state index contributed by atoms with van der Waals surface area (Å²) in [6, 6.07) is 4.54. The lowest BCUT2D eigenvalue weighted by atomic mass is 10.0. The van der Waals surface area contributed by atoms with Gasteiger partial charge in [0.2, 0.25) is 0 Å². The zero-order chi connectivity index (χ0) is 17.1. The van der Waals surface area contributed by atoms with Gasteiger partial charge in [0.15, 0.2) is 0 Å². The van der Waals surface area contributed by atoms with Gasteiger partial charge in [-0.25, -0.2) is 4.79 Å². The molecule has 2 aliphatic rings. The Balaban J connectivity index is 1.70. The summed E-state index contributed by atoms with van der Waals surface area (Å²) in [7, 11) is 0. The lowest BCUT2D eigenvalue weighted by molar-refractivity contribution is 0.101. The quantitative estimate of drug-likeness (QED) is 0.701. The van der Waals surface area contributed by atoms with Gasteiger partial charge in [-0.05, 0) is 56.5 Å². The van der Waals surface area contributed by atoms with Crippen LogP contribution < -0.4 is 10.1 Å². The minimum absolute atomic E-state index is 0.245. The second-order valence-electron chi connectivity index (χ2n) is 6.52. The average molecular weight is 355 g/mol. The number of ether oxygens (including phenoxy) is 1. The fraction of sp³-hybridized carbons (Fsp3) is 0.588. The number of rotatable bonds is 7. The topological polar surface area (TPSA) is 82.0 Å². The molecule has 2 unspecified atom stereocenters. The van der Waals surface area contributed by atoms with Crippen LogP contribution in [0.15, 0.2) is 18.2 Å². The molecule has 3 N–H and O–H groups in total. The number of hydrogen-bond donors (Lipinski definition) is 3. The molecular weight excluding hydrogens is 332 g/mol. The zero-order valence-corrected chi connectivity index (χ0v) is 14.2. The Kier molecular flexibility index (Phi) is 5.48. The molecule has 2 fully saturated rings. The van der Waals surface area contributed by atoms with Crippen molar-refractivity contribution < 1.29 is 19.7 Å². The lowest BCUT2D eigenvalue weighted by Crippen LogP contribution is -2.46. The van der Waals surface area contributed by atoms with Gasteiger partial charge in [-0.15, -0.1) is 0 Å². The molecule has 2 atom stereocenters. The minimum atomic E-state index is -1.14. The highest BCUT2D eigenvalue weighted by atomic mass is 35.5. The molecule has 0 spiro atoms. The van der Waals surface area contributed by atoms with E-state index in [1.54, 1.807) is 18.2 Å². The van der Waals surface area contributed by atoms with Crippen LogP contribution in [0.3, 0.4) is 0 Å². The fourth-order valence-corrected chi connectivity index (χ4v) is 3.25. The Hall–Kier alpha value is -1.50. The first-order chi connectivity index (χ1) is 11.5. The molecule has 132 valence electrons. The number of aliphatic hydroxyl groups excluding tert-OH is 1. The van der Waals surface area contributed by atoms with Crippen molar-refractivity contribution in [1.82, 2.24) is 10.2 Å². The number of nitrogens with zero attached hydrogens (tertiary/aromatic N) is 1. The summed E-state index contributed by atoms with van der Waals surface area (Å²) in [6.45, 7) is 2.34. The highest BCUT2D eigenvalue weighted by Crippen LogP contribution is 2.34. The van der Waals surface area contributed by atoms with E-state index in [-0.39, 0.29) is 6.10 Å². The van der Waals surface area contributed by atoms with Gasteiger partial charge in [-0.3, -0.25) is 0 Å². The van der Waals surface area contributed by atoms with Crippen molar-refractivity contribution in [3.05, 3.63) is 28.8 Å². The van der Waals surface area contributed by atoms with E-state index in [1.807, 2.05) is 0 Å². The monoisotopic (exact) mass is 354 g/mol. The molecule has 7 heteroatoms. The molecule has 1 amide bonds. The third kappa shape index (κ3) is 4.53. The Bertz CT molecular complexity index is 588. The second-order valence-corrected chi connectivity index (χ2v) is 6.92. The molecule has 1 aromatic carbocycles. The maximum absolute atomic E-state index is 11.1. The number of benzene rings is 1. The van der Waals surface area contributed by atoms with Gasteiger partial charge in [0.1, 0.15) is 11.9 Å². The van der Waals surface area contributed by atoms with Gasteiger partial charge in [0, 0.05) is 6.54 Å². The summed E-state index contributed by atoms with van der Waals surface area (Å²) in [6.07, 6.45) is 2.44.